The molecular formula is C11H8N2O2. The van der Waals surface area contributed by atoms with Gasteiger partial charge in [0.1, 0.15) is 0 Å². The summed E-state index contributed by atoms with van der Waals surface area (Å²) in [6.07, 6.45) is 0. The van der Waals surface area contributed by atoms with Crippen LogP contribution >= 0.6 is 0 Å². The van der Waals surface area contributed by atoms with Crippen LogP contribution in [0.3, 0.4) is 0 Å². The lowest BCUT2D eigenvalue weighted by Crippen LogP contribution is -2.13. The van der Waals surface area contributed by atoms with Crippen molar-refractivity contribution in [3.8, 4) is 0 Å². The first kappa shape index (κ1) is 9.45. The van der Waals surface area contributed by atoms with Crippen LogP contribution in [0.4, 0.5) is 0 Å². The minimum atomic E-state index is -0.585. The molecular weight excluding hydrogens is 192 g/mol. The van der Waals surface area contributed by atoms with Crippen LogP contribution in [0, 0.1) is 0 Å². The van der Waals surface area contributed by atoms with E-state index in [2.05, 4.69) is 10.2 Å². The molecule has 0 aliphatic carbocycles. The van der Waals surface area contributed by atoms with E-state index in [4.69, 9.17) is 0 Å². The maximum atomic E-state index is 11.4. The molecule has 0 saturated carbocycles. The highest BCUT2D eigenvalue weighted by atomic mass is 16.1. The smallest absolute Gasteiger partial charge is 0.294 e. The minimum Gasteiger partial charge on any atom is -0.294 e. The van der Waals surface area contributed by atoms with Crippen LogP contribution in [0.15, 0.2) is 35.1 Å². The summed E-state index contributed by atoms with van der Waals surface area (Å²) >= 11 is 0. The predicted molar refractivity (Wildman–Crippen MR) is 55.8 cm³/mol. The van der Waals surface area contributed by atoms with E-state index in [0.717, 1.165) is 5.39 Å². The number of rotatable bonds is 1. The fourth-order valence-corrected chi connectivity index (χ4v) is 1.32. The molecule has 0 radical (unpaired) electrons. The van der Waals surface area contributed by atoms with Crippen LogP contribution in [-0.2, 0) is 0 Å². The summed E-state index contributed by atoms with van der Waals surface area (Å²) in [5.74, 6) is -0.296. The standard InChI is InChI=1S/C11H8N2O2/c1-7(14)9-6-8-4-2-3-5-10(8)12-13-11(9)15/h2-6H,1H3. The summed E-state index contributed by atoms with van der Waals surface area (Å²) in [6, 6.07) is 8.68. The number of aromatic nitrogens is 2. The third-order valence-electron chi connectivity index (χ3n) is 2.09. The molecule has 2 aromatic rings. The quantitative estimate of drug-likeness (QED) is 0.649. The molecule has 0 spiro atoms. The van der Waals surface area contributed by atoms with Gasteiger partial charge in [0.05, 0.1) is 11.1 Å². The van der Waals surface area contributed by atoms with Gasteiger partial charge in [-0.25, -0.2) is 0 Å². The topological polar surface area (TPSA) is 59.9 Å². The van der Waals surface area contributed by atoms with Gasteiger partial charge >= 0.3 is 0 Å². The Labute approximate surface area is 85.6 Å². The first-order chi connectivity index (χ1) is 7.18. The third-order valence-corrected chi connectivity index (χ3v) is 2.09. The fraction of sp³-hybridized carbons (Fsp3) is 0.0909. The predicted octanol–water partition coefficient (Wildman–Crippen LogP) is 1.19. The van der Waals surface area contributed by atoms with Crippen molar-refractivity contribution >= 4 is 16.7 Å². The monoisotopic (exact) mass is 200 g/mol. The summed E-state index contributed by atoms with van der Waals surface area (Å²) in [5.41, 5.74) is 0.0875. The SMILES string of the molecule is CC(=O)c1cc2ccccc2nnc1=O. The summed E-state index contributed by atoms with van der Waals surface area (Å²) in [6.45, 7) is 1.34. The first-order valence-electron chi connectivity index (χ1n) is 4.46. The lowest BCUT2D eigenvalue weighted by atomic mass is 10.1. The Morgan fingerprint density at radius 3 is 2.67 bits per heavy atom. The van der Waals surface area contributed by atoms with E-state index >= 15 is 0 Å². The molecule has 0 fully saturated rings. The first-order valence-corrected chi connectivity index (χ1v) is 4.46. The molecule has 0 amide bonds. The highest BCUT2D eigenvalue weighted by Crippen LogP contribution is 2.08. The second-order valence-electron chi connectivity index (χ2n) is 3.18. The molecule has 1 heterocycles. The normalized spacial score (nSPS) is 10.2. The molecule has 0 atom stereocenters. The molecule has 15 heavy (non-hydrogen) atoms. The number of nitrogens with zero attached hydrogens (tertiary/aromatic N) is 2. The maximum Gasteiger partial charge on any atom is 0.299 e. The molecule has 0 N–H and O–H groups in total. The fourth-order valence-electron chi connectivity index (χ4n) is 1.32. The summed E-state index contributed by atoms with van der Waals surface area (Å²) in [4.78, 5) is 22.6. The Bertz CT molecular complexity index is 593. The third kappa shape index (κ3) is 1.74. The highest BCUT2D eigenvalue weighted by Gasteiger charge is 2.05. The van der Waals surface area contributed by atoms with Gasteiger partial charge in [-0.1, -0.05) is 18.2 Å². The molecule has 74 valence electrons. The Morgan fingerprint density at radius 1 is 1.20 bits per heavy atom. The molecule has 2 rings (SSSR count). The summed E-state index contributed by atoms with van der Waals surface area (Å²) in [7, 11) is 0. The Kier molecular flexibility index (Phi) is 2.25. The molecule has 1 aromatic carbocycles. The van der Waals surface area contributed by atoms with Crippen molar-refractivity contribution in [1.82, 2.24) is 10.2 Å². The number of carbonyl (C=O) groups excluding carboxylic acids is 1. The van der Waals surface area contributed by atoms with Crippen LogP contribution in [-0.4, -0.2) is 16.0 Å². The second-order valence-corrected chi connectivity index (χ2v) is 3.18. The van der Waals surface area contributed by atoms with Crippen molar-refractivity contribution in [2.75, 3.05) is 0 Å². The summed E-state index contributed by atoms with van der Waals surface area (Å²) < 4.78 is 0. The Balaban J connectivity index is 2.91. The van der Waals surface area contributed by atoms with Crippen LogP contribution in [0.5, 0.6) is 0 Å². The number of fused-ring (bicyclic) bond motifs is 1. The second kappa shape index (κ2) is 3.57. The van der Waals surface area contributed by atoms with Crippen LogP contribution in [0.25, 0.3) is 10.9 Å². The largest absolute Gasteiger partial charge is 0.299 e. The molecule has 4 nitrogen and oxygen atoms in total. The molecule has 0 unspecified atom stereocenters. The van der Waals surface area contributed by atoms with E-state index in [1.807, 2.05) is 6.07 Å². The Morgan fingerprint density at radius 2 is 1.93 bits per heavy atom. The Hall–Kier alpha value is -2.10. The van der Waals surface area contributed by atoms with Crippen LogP contribution in [0.1, 0.15) is 17.3 Å². The van der Waals surface area contributed by atoms with Crippen molar-refractivity contribution < 1.29 is 4.79 Å². The van der Waals surface area contributed by atoms with Crippen molar-refractivity contribution in [3.05, 3.63) is 46.2 Å². The zero-order chi connectivity index (χ0) is 10.8. The molecule has 0 aliphatic rings. The molecule has 0 bridgehead atoms. The summed E-state index contributed by atoms with van der Waals surface area (Å²) in [5, 5.41) is 7.97. The maximum absolute atomic E-state index is 11.4. The number of hydrogen-bond donors (Lipinski definition) is 0. The molecule has 4 heteroatoms. The van der Waals surface area contributed by atoms with Gasteiger partial charge < -0.3 is 0 Å². The zero-order valence-electron chi connectivity index (χ0n) is 8.10. The van der Waals surface area contributed by atoms with Crippen molar-refractivity contribution in [2.24, 2.45) is 0 Å². The van der Waals surface area contributed by atoms with Crippen molar-refractivity contribution in [1.29, 1.82) is 0 Å². The van der Waals surface area contributed by atoms with E-state index in [-0.39, 0.29) is 11.3 Å². The minimum absolute atomic E-state index is 0.0729. The van der Waals surface area contributed by atoms with Crippen molar-refractivity contribution in [2.45, 2.75) is 6.92 Å². The van der Waals surface area contributed by atoms with Gasteiger partial charge in [0.2, 0.25) is 0 Å². The molecule has 1 aromatic heterocycles. The van der Waals surface area contributed by atoms with Gasteiger partial charge in [-0.3, -0.25) is 9.59 Å². The van der Waals surface area contributed by atoms with E-state index in [9.17, 15) is 9.59 Å². The number of Topliss-reactive ketones (excluding diaryl/α,β-unsaturated/α-hetero) is 1. The molecule has 0 aliphatic heterocycles. The van der Waals surface area contributed by atoms with Crippen LogP contribution in [0.2, 0.25) is 0 Å². The average Bonchev–Trinajstić information content (AvgIpc) is 2.39. The van der Waals surface area contributed by atoms with E-state index in [1.54, 1.807) is 18.2 Å². The van der Waals surface area contributed by atoms with Crippen LogP contribution < -0.4 is 5.56 Å². The van der Waals surface area contributed by atoms with Gasteiger partial charge in [-0.05, 0) is 19.1 Å². The average molecular weight is 200 g/mol. The highest BCUT2D eigenvalue weighted by molar-refractivity contribution is 5.96. The molecule has 0 saturated heterocycles. The number of benzene rings is 1. The van der Waals surface area contributed by atoms with Gasteiger partial charge in [0.25, 0.3) is 5.56 Å². The van der Waals surface area contributed by atoms with Gasteiger partial charge in [0, 0.05) is 5.39 Å². The van der Waals surface area contributed by atoms with Crippen molar-refractivity contribution in [3.63, 3.8) is 0 Å². The van der Waals surface area contributed by atoms with Gasteiger partial charge in [-0.15, -0.1) is 10.2 Å². The zero-order valence-corrected chi connectivity index (χ0v) is 8.10. The number of carbonyl (C=O) groups is 1. The number of ketones is 1. The number of hydrogen-bond acceptors (Lipinski definition) is 4. The van der Waals surface area contributed by atoms with Gasteiger partial charge in [-0.2, -0.15) is 0 Å². The lowest BCUT2D eigenvalue weighted by Gasteiger charge is -1.88. The van der Waals surface area contributed by atoms with Gasteiger partial charge in [0.15, 0.2) is 5.78 Å². The van der Waals surface area contributed by atoms with E-state index in [0.29, 0.717) is 5.52 Å². The van der Waals surface area contributed by atoms with E-state index < -0.39 is 5.56 Å². The van der Waals surface area contributed by atoms with E-state index in [1.165, 1.54) is 13.0 Å². The lowest BCUT2D eigenvalue weighted by molar-refractivity contribution is 0.101.